The molecule has 1 aliphatic rings. The van der Waals surface area contributed by atoms with Gasteiger partial charge < -0.3 is 15.8 Å². The highest BCUT2D eigenvalue weighted by Crippen LogP contribution is 2.41. The van der Waals surface area contributed by atoms with Crippen LogP contribution in [0.3, 0.4) is 0 Å². The lowest BCUT2D eigenvalue weighted by Gasteiger charge is -2.23. The highest BCUT2D eigenvalue weighted by atomic mass is 19.4. The molecule has 2 heterocycles. The van der Waals surface area contributed by atoms with E-state index in [-0.39, 0.29) is 17.0 Å². The van der Waals surface area contributed by atoms with Crippen molar-refractivity contribution in [3.63, 3.8) is 0 Å². The number of amides is 1. The third-order valence-corrected chi connectivity index (χ3v) is 7.31. The van der Waals surface area contributed by atoms with Gasteiger partial charge in [-0.3, -0.25) is 19.4 Å². The second-order valence-corrected chi connectivity index (χ2v) is 10.1. The number of aromatic nitrogens is 2. The molecular weight excluding hydrogens is 535 g/mol. The number of hydrogen-bond acceptors (Lipinski definition) is 7. The summed E-state index contributed by atoms with van der Waals surface area (Å²) >= 11 is 0. The summed E-state index contributed by atoms with van der Waals surface area (Å²) in [5.41, 5.74) is 12.8. The van der Waals surface area contributed by atoms with Gasteiger partial charge in [0.2, 0.25) is 0 Å². The molecule has 0 unspecified atom stereocenters. The average molecular weight is 572 g/mol. The van der Waals surface area contributed by atoms with E-state index in [0.717, 1.165) is 48.8 Å². The number of nitrogens with one attached hydrogen (secondary N) is 2. The molecule has 12 heteroatoms. The molecule has 3 aromatic rings. The van der Waals surface area contributed by atoms with Gasteiger partial charge in [0.05, 0.1) is 30.3 Å². The van der Waals surface area contributed by atoms with Crippen molar-refractivity contribution in [2.24, 2.45) is 12.8 Å². The van der Waals surface area contributed by atoms with Gasteiger partial charge in [-0.1, -0.05) is 6.07 Å². The van der Waals surface area contributed by atoms with Crippen LogP contribution in [0, 0.1) is 13.8 Å². The Hall–Kier alpha value is -4.03. The number of carbonyl (C=O) groups is 1. The Balaban J connectivity index is 1.65. The number of ether oxygens (including phenoxy) is 1. The summed E-state index contributed by atoms with van der Waals surface area (Å²) in [6.07, 6.45) is 0.695. The van der Waals surface area contributed by atoms with E-state index in [1.54, 1.807) is 53.4 Å². The van der Waals surface area contributed by atoms with Crippen LogP contribution in [0.25, 0.3) is 5.70 Å². The van der Waals surface area contributed by atoms with Crippen LogP contribution >= 0.6 is 0 Å². The van der Waals surface area contributed by atoms with Crippen LogP contribution in [0.4, 0.5) is 24.5 Å². The SMILES string of the molecule is CNN(/C=C(\N)c1cnn(C)c1C)c1cc(C(=O)Nc2cc(CN3CCCC3)c(OC)c(C(F)(F)F)c2)ccc1C. The second kappa shape index (κ2) is 12.2. The zero-order valence-corrected chi connectivity index (χ0v) is 23.9. The number of aryl methyl sites for hydroxylation is 2. The highest BCUT2D eigenvalue weighted by molar-refractivity contribution is 6.05. The van der Waals surface area contributed by atoms with E-state index in [1.807, 2.05) is 20.9 Å². The minimum atomic E-state index is -4.66. The minimum Gasteiger partial charge on any atom is -0.496 e. The fourth-order valence-corrected chi connectivity index (χ4v) is 4.97. The maximum absolute atomic E-state index is 14.0. The molecule has 2 aromatic carbocycles. The number of alkyl halides is 3. The first-order chi connectivity index (χ1) is 19.4. The van der Waals surface area contributed by atoms with E-state index in [1.165, 1.54) is 7.11 Å². The molecule has 0 bridgehead atoms. The first kappa shape index (κ1) is 29.9. The molecule has 1 aromatic heterocycles. The number of hydrazine groups is 1. The first-order valence-corrected chi connectivity index (χ1v) is 13.3. The van der Waals surface area contributed by atoms with Crippen molar-refractivity contribution in [3.05, 3.63) is 76.2 Å². The maximum atomic E-state index is 14.0. The van der Waals surface area contributed by atoms with Crippen LogP contribution in [0.15, 0.2) is 42.7 Å². The largest absolute Gasteiger partial charge is 0.496 e. The molecule has 0 radical (unpaired) electrons. The van der Waals surface area contributed by atoms with Crippen LogP contribution < -0.4 is 26.2 Å². The van der Waals surface area contributed by atoms with Crippen LogP contribution in [-0.4, -0.2) is 47.8 Å². The number of hydrogen-bond donors (Lipinski definition) is 3. The fraction of sp³-hybridized carbons (Fsp3) is 0.379. The molecule has 9 nitrogen and oxygen atoms in total. The van der Waals surface area contributed by atoms with Crippen molar-refractivity contribution in [1.29, 1.82) is 0 Å². The van der Waals surface area contributed by atoms with Crippen molar-refractivity contribution in [1.82, 2.24) is 20.1 Å². The highest BCUT2D eigenvalue weighted by Gasteiger charge is 2.36. The predicted molar refractivity (Wildman–Crippen MR) is 153 cm³/mol. The topological polar surface area (TPSA) is 101 Å². The van der Waals surface area contributed by atoms with E-state index < -0.39 is 17.6 Å². The Morgan fingerprint density at radius 3 is 2.49 bits per heavy atom. The lowest BCUT2D eigenvalue weighted by Crippen LogP contribution is -2.31. The Morgan fingerprint density at radius 2 is 1.90 bits per heavy atom. The van der Waals surface area contributed by atoms with Gasteiger partial charge in [0.1, 0.15) is 5.75 Å². The molecule has 0 spiro atoms. The van der Waals surface area contributed by atoms with Crippen molar-refractivity contribution in [3.8, 4) is 5.75 Å². The number of carbonyl (C=O) groups excluding carboxylic acids is 1. The molecule has 1 amide bonds. The smallest absolute Gasteiger partial charge is 0.420 e. The molecule has 1 aliphatic heterocycles. The van der Waals surface area contributed by atoms with Gasteiger partial charge in [-0.2, -0.15) is 18.3 Å². The number of likely N-dealkylation sites (tertiary alicyclic amines) is 1. The van der Waals surface area contributed by atoms with E-state index in [2.05, 4.69) is 20.7 Å². The Labute approximate surface area is 237 Å². The Kier molecular flexibility index (Phi) is 8.93. The van der Waals surface area contributed by atoms with Gasteiger partial charge in [-0.05, 0) is 69.6 Å². The summed E-state index contributed by atoms with van der Waals surface area (Å²) in [6.45, 7) is 5.68. The number of benzene rings is 2. The molecular formula is C29H36F3N7O2. The van der Waals surface area contributed by atoms with Gasteiger partial charge in [0.25, 0.3) is 5.91 Å². The van der Waals surface area contributed by atoms with Crippen LogP contribution in [0.5, 0.6) is 5.75 Å². The summed E-state index contributed by atoms with van der Waals surface area (Å²) in [5, 5.41) is 8.57. The molecule has 41 heavy (non-hydrogen) atoms. The number of rotatable bonds is 9. The number of nitrogens with zero attached hydrogens (tertiary/aromatic N) is 4. The quantitative estimate of drug-likeness (QED) is 0.317. The molecule has 4 rings (SSSR count). The van der Waals surface area contributed by atoms with Crippen molar-refractivity contribution in [2.75, 3.05) is 37.6 Å². The summed E-state index contributed by atoms with van der Waals surface area (Å²) in [4.78, 5) is 15.4. The van der Waals surface area contributed by atoms with Crippen molar-refractivity contribution < 1.29 is 22.7 Å². The first-order valence-electron chi connectivity index (χ1n) is 13.3. The predicted octanol–water partition coefficient (Wildman–Crippen LogP) is 4.81. The van der Waals surface area contributed by atoms with E-state index >= 15 is 0 Å². The number of nitrogens with two attached hydrogens (primary N) is 1. The summed E-state index contributed by atoms with van der Waals surface area (Å²) in [6, 6.07) is 7.51. The van der Waals surface area contributed by atoms with Crippen LogP contribution in [0.2, 0.25) is 0 Å². The number of methoxy groups -OCH3 is 1. The summed E-state index contributed by atoms with van der Waals surface area (Å²) < 4.78 is 48.9. The second-order valence-electron chi connectivity index (χ2n) is 10.1. The average Bonchev–Trinajstić information content (AvgIpc) is 3.56. The lowest BCUT2D eigenvalue weighted by molar-refractivity contribution is -0.138. The van der Waals surface area contributed by atoms with Crippen molar-refractivity contribution >= 4 is 23.0 Å². The van der Waals surface area contributed by atoms with Gasteiger partial charge in [-0.25, -0.2) is 5.43 Å². The normalized spacial score (nSPS) is 14.4. The summed E-state index contributed by atoms with van der Waals surface area (Å²) in [7, 11) is 4.77. The lowest BCUT2D eigenvalue weighted by atomic mass is 10.0. The summed E-state index contributed by atoms with van der Waals surface area (Å²) in [5.74, 6) is -0.773. The Bertz CT molecular complexity index is 1440. The maximum Gasteiger partial charge on any atom is 0.420 e. The van der Waals surface area contributed by atoms with E-state index in [9.17, 15) is 18.0 Å². The molecule has 0 aliphatic carbocycles. The van der Waals surface area contributed by atoms with E-state index in [0.29, 0.717) is 23.5 Å². The standard InChI is InChI=1S/C29H36F3N7O2/c1-18-8-9-20(13-26(18)39(34-3)17-25(33)23-15-35-37(4)19(23)2)28(40)36-22-12-21(16-38-10-6-7-11-38)27(41-5)24(14-22)29(30,31)32/h8-9,12-15,17,34H,6-7,10-11,16,33H2,1-5H3,(H,36,40)/b25-17-. The van der Waals surface area contributed by atoms with Crippen LogP contribution in [-0.2, 0) is 19.8 Å². The molecule has 1 fully saturated rings. The van der Waals surface area contributed by atoms with Crippen molar-refractivity contribution in [2.45, 2.75) is 39.4 Å². The number of anilines is 2. The van der Waals surface area contributed by atoms with E-state index in [4.69, 9.17) is 10.5 Å². The monoisotopic (exact) mass is 571 g/mol. The minimum absolute atomic E-state index is 0.0427. The van der Waals surface area contributed by atoms with Gasteiger partial charge in [0.15, 0.2) is 0 Å². The van der Waals surface area contributed by atoms with Gasteiger partial charge in [0, 0.05) is 54.9 Å². The van der Waals surface area contributed by atoms with Gasteiger partial charge >= 0.3 is 6.18 Å². The molecule has 0 atom stereocenters. The van der Waals surface area contributed by atoms with Crippen LogP contribution in [0.1, 0.15) is 51.1 Å². The zero-order valence-electron chi connectivity index (χ0n) is 23.9. The third kappa shape index (κ3) is 6.66. The number of halogens is 3. The molecule has 4 N–H and O–H groups in total. The fourth-order valence-electron chi connectivity index (χ4n) is 4.97. The zero-order chi connectivity index (χ0) is 29.9. The molecule has 220 valence electrons. The molecule has 1 saturated heterocycles. The Morgan fingerprint density at radius 1 is 1.20 bits per heavy atom. The molecule has 0 saturated carbocycles. The van der Waals surface area contributed by atoms with Gasteiger partial charge in [-0.15, -0.1) is 0 Å². The third-order valence-electron chi connectivity index (χ3n) is 7.31.